The summed E-state index contributed by atoms with van der Waals surface area (Å²) in [6, 6.07) is 2.13. The zero-order valence-electron chi connectivity index (χ0n) is 7.16. The molecule has 0 amide bonds. The van der Waals surface area contributed by atoms with E-state index in [1.807, 2.05) is 0 Å². The van der Waals surface area contributed by atoms with Crippen molar-refractivity contribution in [3.05, 3.63) is 22.7 Å². The van der Waals surface area contributed by atoms with Crippen LogP contribution in [-0.2, 0) is 0 Å². The Balaban J connectivity index is 1.98. The second-order valence-electron chi connectivity index (χ2n) is 3.37. The van der Waals surface area contributed by atoms with Crippen LogP contribution in [0.1, 0.15) is 12.8 Å². The lowest BCUT2D eigenvalue weighted by Gasteiger charge is -2.33. The van der Waals surface area contributed by atoms with E-state index in [1.165, 1.54) is 12.4 Å². The van der Waals surface area contributed by atoms with E-state index in [1.54, 1.807) is 0 Å². The molecule has 1 heterocycles. The molecule has 1 aromatic rings. The fraction of sp³-hybridized carbons (Fsp3) is 0.500. The summed E-state index contributed by atoms with van der Waals surface area (Å²) in [5.41, 5.74) is 5.49. The third-order valence-corrected chi connectivity index (χ3v) is 2.20. The van der Waals surface area contributed by atoms with Gasteiger partial charge in [-0.2, -0.15) is 0 Å². The molecule has 1 saturated carbocycles. The summed E-state index contributed by atoms with van der Waals surface area (Å²) in [5.74, 6) is 0.626. The summed E-state index contributed by atoms with van der Waals surface area (Å²) in [5, 5.41) is 3.14. The van der Waals surface area contributed by atoms with Gasteiger partial charge in [0.25, 0.3) is 5.56 Å². The number of nitrogens with one attached hydrogen (secondary N) is 2. The first-order valence-corrected chi connectivity index (χ1v) is 4.31. The van der Waals surface area contributed by atoms with Gasteiger partial charge in [-0.1, -0.05) is 0 Å². The number of hydrogen-bond donors (Lipinski definition) is 3. The fourth-order valence-corrected chi connectivity index (χ4v) is 1.44. The molecular weight excluding hydrogens is 168 g/mol. The minimum absolute atomic E-state index is 0.138. The first-order chi connectivity index (χ1) is 6.24. The van der Waals surface area contributed by atoms with Crippen molar-refractivity contribution >= 4 is 5.82 Å². The zero-order valence-corrected chi connectivity index (χ0v) is 7.16. The maximum atomic E-state index is 10.9. The second-order valence-corrected chi connectivity index (χ2v) is 3.37. The molecule has 0 bridgehead atoms. The molecule has 0 saturated heterocycles. The first kappa shape index (κ1) is 8.25. The monoisotopic (exact) mass is 180 g/mol. The van der Waals surface area contributed by atoms with Crippen molar-refractivity contribution in [3.8, 4) is 0 Å². The Kier molecular flexibility index (Phi) is 2.02. The molecule has 1 fully saturated rings. The molecule has 4 N–H and O–H groups in total. The van der Waals surface area contributed by atoms with Gasteiger partial charge in [0.1, 0.15) is 5.82 Å². The summed E-state index contributed by atoms with van der Waals surface area (Å²) in [7, 11) is 0. The van der Waals surface area contributed by atoms with Gasteiger partial charge in [0.05, 0.1) is 6.33 Å². The average Bonchev–Trinajstić information content (AvgIpc) is 2.01. The van der Waals surface area contributed by atoms with Gasteiger partial charge in [0, 0.05) is 18.2 Å². The Labute approximate surface area is 75.4 Å². The highest BCUT2D eigenvalue weighted by Gasteiger charge is 2.25. The highest BCUT2D eigenvalue weighted by atomic mass is 16.1. The molecule has 0 spiro atoms. The Bertz CT molecular complexity index is 342. The standard InChI is InChI=1S/C8H12N4O/c9-5-1-6(2-5)12-7-3-8(13)11-4-10-7/h3-6H,1-2,9H2,(H2,10,11,12,13). The molecule has 1 aliphatic carbocycles. The van der Waals surface area contributed by atoms with Crippen molar-refractivity contribution in [3.63, 3.8) is 0 Å². The van der Waals surface area contributed by atoms with Crippen LogP contribution in [0, 0.1) is 0 Å². The normalized spacial score (nSPS) is 26.5. The molecule has 1 aliphatic rings. The number of anilines is 1. The quantitative estimate of drug-likeness (QED) is 0.582. The van der Waals surface area contributed by atoms with Crippen LogP contribution in [-0.4, -0.2) is 22.1 Å². The maximum absolute atomic E-state index is 10.9. The molecule has 2 rings (SSSR count). The molecule has 0 unspecified atom stereocenters. The van der Waals surface area contributed by atoms with Crippen molar-refractivity contribution in [1.29, 1.82) is 0 Å². The van der Waals surface area contributed by atoms with Crippen molar-refractivity contribution in [2.75, 3.05) is 5.32 Å². The number of rotatable bonds is 2. The molecule has 0 aliphatic heterocycles. The van der Waals surface area contributed by atoms with Crippen LogP contribution in [0.4, 0.5) is 5.82 Å². The van der Waals surface area contributed by atoms with Gasteiger partial charge in [-0.3, -0.25) is 4.79 Å². The Hall–Kier alpha value is -1.36. The number of nitrogens with zero attached hydrogens (tertiary/aromatic N) is 1. The SMILES string of the molecule is NC1CC(Nc2cc(=O)[nH]cn2)C1. The van der Waals surface area contributed by atoms with Gasteiger partial charge >= 0.3 is 0 Å². The first-order valence-electron chi connectivity index (χ1n) is 4.31. The number of hydrogen-bond acceptors (Lipinski definition) is 4. The van der Waals surface area contributed by atoms with Gasteiger partial charge in [-0.15, -0.1) is 0 Å². The van der Waals surface area contributed by atoms with Gasteiger partial charge in [0.2, 0.25) is 0 Å². The third-order valence-electron chi connectivity index (χ3n) is 2.20. The van der Waals surface area contributed by atoms with Crippen molar-refractivity contribution < 1.29 is 0 Å². The summed E-state index contributed by atoms with van der Waals surface area (Å²) in [6.07, 6.45) is 3.30. The predicted octanol–water partition coefficient (Wildman–Crippen LogP) is -0.329. The van der Waals surface area contributed by atoms with E-state index in [2.05, 4.69) is 15.3 Å². The van der Waals surface area contributed by atoms with Crippen LogP contribution >= 0.6 is 0 Å². The van der Waals surface area contributed by atoms with E-state index in [-0.39, 0.29) is 5.56 Å². The molecule has 5 heteroatoms. The topological polar surface area (TPSA) is 83.8 Å². The Morgan fingerprint density at radius 2 is 2.38 bits per heavy atom. The lowest BCUT2D eigenvalue weighted by Crippen LogP contribution is -2.44. The van der Waals surface area contributed by atoms with Crippen molar-refractivity contribution in [2.45, 2.75) is 24.9 Å². The summed E-state index contributed by atoms with van der Waals surface area (Å²) >= 11 is 0. The molecule has 0 aromatic carbocycles. The number of aromatic amines is 1. The number of nitrogens with two attached hydrogens (primary N) is 1. The number of H-pyrrole nitrogens is 1. The Morgan fingerprint density at radius 3 is 3.00 bits per heavy atom. The lowest BCUT2D eigenvalue weighted by molar-refractivity contribution is 0.373. The minimum Gasteiger partial charge on any atom is -0.367 e. The predicted molar refractivity (Wildman–Crippen MR) is 49.5 cm³/mol. The Morgan fingerprint density at radius 1 is 1.62 bits per heavy atom. The van der Waals surface area contributed by atoms with Gasteiger partial charge in [-0.25, -0.2) is 4.98 Å². The van der Waals surface area contributed by atoms with E-state index < -0.39 is 0 Å². The van der Waals surface area contributed by atoms with Crippen molar-refractivity contribution in [2.24, 2.45) is 5.73 Å². The lowest BCUT2D eigenvalue weighted by atomic mass is 9.88. The average molecular weight is 180 g/mol. The van der Waals surface area contributed by atoms with Crippen LogP contribution in [0.15, 0.2) is 17.2 Å². The summed E-state index contributed by atoms with van der Waals surface area (Å²) < 4.78 is 0. The van der Waals surface area contributed by atoms with Crippen LogP contribution < -0.4 is 16.6 Å². The minimum atomic E-state index is -0.138. The van der Waals surface area contributed by atoms with Crippen LogP contribution in [0.3, 0.4) is 0 Å². The molecule has 0 radical (unpaired) electrons. The molecule has 1 aromatic heterocycles. The molecule has 13 heavy (non-hydrogen) atoms. The third kappa shape index (κ3) is 1.86. The summed E-state index contributed by atoms with van der Waals surface area (Å²) in [4.78, 5) is 17.3. The largest absolute Gasteiger partial charge is 0.367 e. The number of aromatic nitrogens is 2. The van der Waals surface area contributed by atoms with Gasteiger partial charge in [-0.05, 0) is 12.8 Å². The van der Waals surface area contributed by atoms with Gasteiger partial charge in [0.15, 0.2) is 0 Å². The molecular formula is C8H12N4O. The van der Waals surface area contributed by atoms with Crippen molar-refractivity contribution in [1.82, 2.24) is 9.97 Å². The van der Waals surface area contributed by atoms with Gasteiger partial charge < -0.3 is 16.0 Å². The fourth-order valence-electron chi connectivity index (χ4n) is 1.44. The smallest absolute Gasteiger partial charge is 0.252 e. The van der Waals surface area contributed by atoms with Crippen LogP contribution in [0.5, 0.6) is 0 Å². The highest BCUT2D eigenvalue weighted by molar-refractivity contribution is 5.34. The zero-order chi connectivity index (χ0) is 9.26. The van der Waals surface area contributed by atoms with Crippen LogP contribution in [0.2, 0.25) is 0 Å². The van der Waals surface area contributed by atoms with Crippen LogP contribution in [0.25, 0.3) is 0 Å². The van der Waals surface area contributed by atoms with E-state index in [9.17, 15) is 4.79 Å². The van der Waals surface area contributed by atoms with E-state index in [0.717, 1.165) is 12.8 Å². The summed E-state index contributed by atoms with van der Waals surface area (Å²) in [6.45, 7) is 0. The molecule has 0 atom stereocenters. The van der Waals surface area contributed by atoms with E-state index >= 15 is 0 Å². The second kappa shape index (κ2) is 3.18. The molecule has 70 valence electrons. The van der Waals surface area contributed by atoms with E-state index in [0.29, 0.717) is 17.9 Å². The van der Waals surface area contributed by atoms with E-state index in [4.69, 9.17) is 5.73 Å². The maximum Gasteiger partial charge on any atom is 0.252 e. The molecule has 5 nitrogen and oxygen atoms in total. The highest BCUT2D eigenvalue weighted by Crippen LogP contribution is 2.20.